The highest BCUT2D eigenvalue weighted by atomic mass is 79.9. The lowest BCUT2D eigenvalue weighted by molar-refractivity contribution is -0.145. The number of aromatic hydroxyl groups is 1. The Morgan fingerprint density at radius 1 is 1.28 bits per heavy atom. The highest BCUT2D eigenvalue weighted by Gasteiger charge is 2.43. The van der Waals surface area contributed by atoms with Crippen molar-refractivity contribution >= 4 is 21.9 Å². The fraction of sp³-hybridized carbons (Fsp3) is 0.500. The molecule has 2 rings (SSSR count). The summed E-state index contributed by atoms with van der Waals surface area (Å²) in [4.78, 5) is 11.7. The first-order valence-corrected chi connectivity index (χ1v) is 7.00. The van der Waals surface area contributed by atoms with Gasteiger partial charge in [-0.1, -0.05) is 31.4 Å². The molecule has 1 aliphatic carbocycles. The van der Waals surface area contributed by atoms with Crippen molar-refractivity contribution < 1.29 is 15.0 Å². The van der Waals surface area contributed by atoms with Crippen molar-refractivity contribution in [1.29, 1.82) is 0 Å². The van der Waals surface area contributed by atoms with Crippen LogP contribution in [0.1, 0.15) is 43.2 Å². The van der Waals surface area contributed by atoms with E-state index in [0.29, 0.717) is 22.9 Å². The Morgan fingerprint density at radius 3 is 2.44 bits per heavy atom. The first-order chi connectivity index (χ1) is 8.49. The van der Waals surface area contributed by atoms with Gasteiger partial charge in [0.15, 0.2) is 0 Å². The van der Waals surface area contributed by atoms with E-state index in [-0.39, 0.29) is 5.75 Å². The van der Waals surface area contributed by atoms with Crippen LogP contribution in [0.3, 0.4) is 0 Å². The number of rotatable bonds is 2. The Bertz CT molecular complexity index is 476. The number of phenols is 1. The molecular formula is C14H17BrO3. The molecule has 3 nitrogen and oxygen atoms in total. The number of benzene rings is 1. The largest absolute Gasteiger partial charge is 0.506 e. The second-order valence-electron chi connectivity index (χ2n) is 5.04. The van der Waals surface area contributed by atoms with Gasteiger partial charge in [-0.15, -0.1) is 0 Å². The second kappa shape index (κ2) is 4.92. The Labute approximate surface area is 115 Å². The van der Waals surface area contributed by atoms with Gasteiger partial charge in [0.25, 0.3) is 0 Å². The monoisotopic (exact) mass is 312 g/mol. The molecule has 0 heterocycles. The summed E-state index contributed by atoms with van der Waals surface area (Å²) in [6, 6.07) is 3.62. The highest BCUT2D eigenvalue weighted by Crippen LogP contribution is 2.46. The number of halogens is 1. The zero-order chi connectivity index (χ0) is 13.3. The maximum Gasteiger partial charge on any atom is 0.314 e. The van der Waals surface area contributed by atoms with E-state index in [1.54, 1.807) is 6.07 Å². The molecule has 0 aromatic heterocycles. The van der Waals surface area contributed by atoms with E-state index >= 15 is 0 Å². The normalized spacial score (nSPS) is 18.6. The predicted octanol–water partition coefficient (Wildman–Crippen LogP) is 3.75. The minimum absolute atomic E-state index is 0.0827. The van der Waals surface area contributed by atoms with Crippen LogP contribution in [0.5, 0.6) is 5.75 Å². The third kappa shape index (κ3) is 2.03. The van der Waals surface area contributed by atoms with Crippen molar-refractivity contribution in [3.05, 3.63) is 27.7 Å². The molecule has 0 unspecified atom stereocenters. The number of phenolic OH excluding ortho intramolecular Hbond substituents is 1. The van der Waals surface area contributed by atoms with Crippen molar-refractivity contribution in [2.45, 2.75) is 44.4 Å². The number of aliphatic carboxylic acids is 1. The Kier molecular flexibility index (Phi) is 3.66. The van der Waals surface area contributed by atoms with E-state index in [1.165, 1.54) is 0 Å². The van der Waals surface area contributed by atoms with Crippen LogP contribution in [-0.4, -0.2) is 16.2 Å². The number of carboxylic acid groups (broad SMARTS) is 1. The molecule has 1 aliphatic rings. The number of aryl methyl sites for hydroxylation is 1. The molecule has 18 heavy (non-hydrogen) atoms. The fourth-order valence-electron chi connectivity index (χ4n) is 2.81. The van der Waals surface area contributed by atoms with Crippen LogP contribution < -0.4 is 0 Å². The van der Waals surface area contributed by atoms with Crippen LogP contribution in [-0.2, 0) is 10.2 Å². The fourth-order valence-corrected chi connectivity index (χ4v) is 3.15. The predicted molar refractivity (Wildman–Crippen MR) is 72.9 cm³/mol. The second-order valence-corrected chi connectivity index (χ2v) is 5.83. The lowest BCUT2D eigenvalue weighted by Gasteiger charge is -2.34. The third-order valence-corrected chi connectivity index (χ3v) is 4.94. The van der Waals surface area contributed by atoms with Crippen molar-refractivity contribution in [1.82, 2.24) is 0 Å². The summed E-state index contributed by atoms with van der Waals surface area (Å²) in [6.07, 6.45) is 4.08. The minimum Gasteiger partial charge on any atom is -0.506 e. The Morgan fingerprint density at radius 2 is 1.89 bits per heavy atom. The maximum absolute atomic E-state index is 11.7. The van der Waals surface area contributed by atoms with E-state index < -0.39 is 11.4 Å². The van der Waals surface area contributed by atoms with Crippen molar-refractivity contribution in [2.75, 3.05) is 0 Å². The van der Waals surface area contributed by atoms with Crippen molar-refractivity contribution in [3.8, 4) is 5.75 Å². The molecule has 0 aliphatic heterocycles. The summed E-state index contributed by atoms with van der Waals surface area (Å²) < 4.78 is 0.603. The molecule has 0 bridgehead atoms. The molecule has 98 valence electrons. The summed E-state index contributed by atoms with van der Waals surface area (Å²) in [6.45, 7) is 1.88. The van der Waals surface area contributed by atoms with E-state index in [2.05, 4.69) is 15.9 Å². The smallest absolute Gasteiger partial charge is 0.314 e. The van der Waals surface area contributed by atoms with E-state index in [9.17, 15) is 15.0 Å². The summed E-state index contributed by atoms with van der Waals surface area (Å²) >= 11 is 3.33. The van der Waals surface area contributed by atoms with Crippen molar-refractivity contribution in [2.24, 2.45) is 0 Å². The quantitative estimate of drug-likeness (QED) is 0.874. The van der Waals surface area contributed by atoms with Crippen LogP contribution in [0.2, 0.25) is 0 Å². The van der Waals surface area contributed by atoms with Crippen LogP contribution in [0.25, 0.3) is 0 Å². The van der Waals surface area contributed by atoms with Crippen molar-refractivity contribution in [3.63, 3.8) is 0 Å². The van der Waals surface area contributed by atoms with Gasteiger partial charge in [-0.05, 0) is 41.3 Å². The van der Waals surface area contributed by atoms with Gasteiger partial charge in [0, 0.05) is 5.56 Å². The highest BCUT2D eigenvalue weighted by molar-refractivity contribution is 9.10. The molecule has 1 fully saturated rings. The number of carboxylic acids is 1. The molecule has 1 aromatic rings. The lowest BCUT2D eigenvalue weighted by atomic mass is 9.69. The molecule has 4 heteroatoms. The molecule has 0 radical (unpaired) electrons. The summed E-state index contributed by atoms with van der Waals surface area (Å²) in [7, 11) is 0. The van der Waals surface area contributed by atoms with E-state index in [4.69, 9.17) is 0 Å². The SMILES string of the molecule is Cc1ccc(C2(C(=O)O)CCCCC2)c(O)c1Br. The van der Waals surface area contributed by atoms with Gasteiger partial charge in [-0.3, -0.25) is 4.79 Å². The van der Waals surface area contributed by atoms with Crippen LogP contribution in [0, 0.1) is 6.92 Å². The average molecular weight is 313 g/mol. The third-order valence-electron chi connectivity index (χ3n) is 3.94. The van der Waals surface area contributed by atoms with E-state index in [1.807, 2.05) is 13.0 Å². The summed E-state index contributed by atoms with van der Waals surface area (Å²) in [5, 5.41) is 19.8. The number of hydrogen-bond acceptors (Lipinski definition) is 2. The molecule has 1 saturated carbocycles. The number of hydrogen-bond donors (Lipinski definition) is 2. The van der Waals surface area contributed by atoms with Gasteiger partial charge in [-0.25, -0.2) is 0 Å². The van der Waals surface area contributed by atoms with Gasteiger partial charge in [0.05, 0.1) is 9.89 Å². The van der Waals surface area contributed by atoms with Crippen LogP contribution >= 0.6 is 15.9 Å². The lowest BCUT2D eigenvalue weighted by Crippen LogP contribution is -2.37. The first-order valence-electron chi connectivity index (χ1n) is 6.21. The minimum atomic E-state index is -0.918. The molecule has 0 atom stereocenters. The standard InChI is InChI=1S/C14H17BrO3/c1-9-5-6-10(12(16)11(9)15)14(13(17)18)7-3-2-4-8-14/h5-6,16H,2-4,7-8H2,1H3,(H,17,18). The van der Waals surface area contributed by atoms with Gasteiger partial charge in [0.2, 0.25) is 0 Å². The van der Waals surface area contributed by atoms with Crippen LogP contribution in [0.15, 0.2) is 16.6 Å². The molecule has 0 spiro atoms. The Balaban J connectivity index is 2.56. The van der Waals surface area contributed by atoms with Gasteiger partial charge in [0.1, 0.15) is 5.75 Å². The van der Waals surface area contributed by atoms with Gasteiger partial charge in [-0.2, -0.15) is 0 Å². The molecule has 2 N–H and O–H groups in total. The van der Waals surface area contributed by atoms with Crippen LogP contribution in [0.4, 0.5) is 0 Å². The Hall–Kier alpha value is -1.03. The topological polar surface area (TPSA) is 57.5 Å². The molecule has 0 amide bonds. The van der Waals surface area contributed by atoms with Gasteiger partial charge < -0.3 is 10.2 Å². The zero-order valence-electron chi connectivity index (χ0n) is 10.4. The molecular weight excluding hydrogens is 296 g/mol. The zero-order valence-corrected chi connectivity index (χ0v) is 12.0. The number of carbonyl (C=O) groups is 1. The van der Waals surface area contributed by atoms with E-state index in [0.717, 1.165) is 24.8 Å². The maximum atomic E-state index is 11.7. The summed E-state index contributed by atoms with van der Waals surface area (Å²) in [5.41, 5.74) is 0.540. The van der Waals surface area contributed by atoms with Gasteiger partial charge >= 0.3 is 5.97 Å². The molecule has 0 saturated heterocycles. The summed E-state index contributed by atoms with van der Waals surface area (Å²) in [5.74, 6) is -0.743. The molecule has 1 aromatic carbocycles. The first kappa shape index (κ1) is 13.4. The average Bonchev–Trinajstić information content (AvgIpc) is 2.37.